The molecule has 21 heavy (non-hydrogen) atoms. The highest BCUT2D eigenvalue weighted by Crippen LogP contribution is 2.16. The van der Waals surface area contributed by atoms with Gasteiger partial charge in [0, 0.05) is 17.5 Å². The molecule has 2 aromatic rings. The maximum absolute atomic E-state index is 13.2. The highest BCUT2D eigenvalue weighted by atomic mass is 32.2. The van der Waals surface area contributed by atoms with E-state index in [1.807, 2.05) is 0 Å². The molecule has 0 fully saturated rings. The molecule has 0 atom stereocenters. The lowest BCUT2D eigenvalue weighted by Crippen LogP contribution is -2.13. The first-order valence-electron chi connectivity index (χ1n) is 6.15. The van der Waals surface area contributed by atoms with Gasteiger partial charge in [0.05, 0.1) is 4.90 Å². The Morgan fingerprint density at radius 2 is 1.86 bits per heavy atom. The van der Waals surface area contributed by atoms with Crippen LogP contribution in [0.4, 0.5) is 10.1 Å². The summed E-state index contributed by atoms with van der Waals surface area (Å²) >= 11 is 0. The molecule has 6 heteroatoms. The van der Waals surface area contributed by atoms with Crippen molar-refractivity contribution in [3.05, 3.63) is 59.4 Å². The van der Waals surface area contributed by atoms with Crippen LogP contribution >= 0.6 is 0 Å². The second-order valence-electron chi connectivity index (χ2n) is 4.72. The van der Waals surface area contributed by atoms with Crippen LogP contribution < -0.4 is 5.32 Å². The number of rotatable bonds is 3. The van der Waals surface area contributed by atoms with Gasteiger partial charge in [-0.1, -0.05) is 6.07 Å². The lowest BCUT2D eigenvalue weighted by atomic mass is 10.2. The zero-order valence-electron chi connectivity index (χ0n) is 11.6. The molecule has 1 amide bonds. The van der Waals surface area contributed by atoms with E-state index in [4.69, 9.17) is 0 Å². The van der Waals surface area contributed by atoms with Gasteiger partial charge in [-0.25, -0.2) is 12.8 Å². The molecule has 4 nitrogen and oxygen atoms in total. The summed E-state index contributed by atoms with van der Waals surface area (Å²) in [6.07, 6.45) is 1.08. The summed E-state index contributed by atoms with van der Waals surface area (Å²) in [6, 6.07) is 9.96. The Morgan fingerprint density at radius 1 is 1.14 bits per heavy atom. The summed E-state index contributed by atoms with van der Waals surface area (Å²) in [5.74, 6) is -0.807. The summed E-state index contributed by atoms with van der Waals surface area (Å²) in [7, 11) is -3.37. The van der Waals surface area contributed by atoms with Gasteiger partial charge in [-0.05, 0) is 48.9 Å². The summed E-state index contributed by atoms with van der Waals surface area (Å²) in [4.78, 5) is 12.2. The van der Waals surface area contributed by atoms with Crippen LogP contribution in [0.2, 0.25) is 0 Å². The molecule has 0 saturated heterocycles. The number of nitrogens with one attached hydrogen (secondary N) is 1. The predicted molar refractivity (Wildman–Crippen MR) is 78.6 cm³/mol. The van der Waals surface area contributed by atoms with Gasteiger partial charge < -0.3 is 5.32 Å². The Labute approximate surface area is 122 Å². The van der Waals surface area contributed by atoms with Gasteiger partial charge in [0.25, 0.3) is 5.91 Å². The van der Waals surface area contributed by atoms with Crippen molar-refractivity contribution in [2.24, 2.45) is 0 Å². The average Bonchev–Trinajstić information content (AvgIpc) is 2.42. The van der Waals surface area contributed by atoms with Crippen molar-refractivity contribution >= 4 is 21.4 Å². The number of hydrogen-bond acceptors (Lipinski definition) is 3. The molecule has 2 rings (SSSR count). The van der Waals surface area contributed by atoms with Crippen molar-refractivity contribution in [3.8, 4) is 0 Å². The largest absolute Gasteiger partial charge is 0.322 e. The number of benzene rings is 2. The standard InChI is InChI=1S/C15H14FNO3S/c1-10-8-12(6-7-14(10)16)17-15(18)11-4-3-5-13(9-11)21(2,19)20/h3-9H,1-2H3,(H,17,18). The van der Waals surface area contributed by atoms with Gasteiger partial charge in [0.15, 0.2) is 9.84 Å². The van der Waals surface area contributed by atoms with Crippen LogP contribution in [0.5, 0.6) is 0 Å². The smallest absolute Gasteiger partial charge is 0.255 e. The van der Waals surface area contributed by atoms with Crippen molar-refractivity contribution in [1.82, 2.24) is 0 Å². The van der Waals surface area contributed by atoms with Crippen LogP contribution in [-0.4, -0.2) is 20.6 Å². The molecule has 0 saturated carbocycles. The highest BCUT2D eigenvalue weighted by molar-refractivity contribution is 7.90. The summed E-state index contributed by atoms with van der Waals surface area (Å²) in [5, 5.41) is 2.60. The van der Waals surface area contributed by atoms with E-state index in [1.165, 1.54) is 42.5 Å². The van der Waals surface area contributed by atoms with Crippen LogP contribution in [0.1, 0.15) is 15.9 Å². The Morgan fingerprint density at radius 3 is 2.48 bits per heavy atom. The number of amides is 1. The van der Waals surface area contributed by atoms with E-state index in [-0.39, 0.29) is 16.3 Å². The average molecular weight is 307 g/mol. The minimum atomic E-state index is -3.37. The Kier molecular flexibility index (Phi) is 4.09. The summed E-state index contributed by atoms with van der Waals surface area (Å²) < 4.78 is 36.1. The molecule has 0 aromatic heterocycles. The van der Waals surface area contributed by atoms with Crippen molar-refractivity contribution < 1.29 is 17.6 Å². The molecule has 0 spiro atoms. The molecular weight excluding hydrogens is 293 g/mol. The fourth-order valence-corrected chi connectivity index (χ4v) is 2.46. The van der Waals surface area contributed by atoms with E-state index < -0.39 is 15.7 Å². The van der Waals surface area contributed by atoms with E-state index in [0.29, 0.717) is 11.3 Å². The topological polar surface area (TPSA) is 63.2 Å². The Hall–Kier alpha value is -2.21. The van der Waals surface area contributed by atoms with Gasteiger partial charge in [-0.2, -0.15) is 0 Å². The monoisotopic (exact) mass is 307 g/mol. The zero-order valence-corrected chi connectivity index (χ0v) is 12.4. The molecule has 110 valence electrons. The van der Waals surface area contributed by atoms with Crippen molar-refractivity contribution in [1.29, 1.82) is 0 Å². The van der Waals surface area contributed by atoms with Crippen LogP contribution in [-0.2, 0) is 9.84 Å². The van der Waals surface area contributed by atoms with Gasteiger partial charge in [-0.3, -0.25) is 4.79 Å². The number of aryl methyl sites for hydroxylation is 1. The zero-order chi connectivity index (χ0) is 15.6. The normalized spacial score (nSPS) is 11.2. The number of anilines is 1. The SMILES string of the molecule is Cc1cc(NC(=O)c2cccc(S(C)(=O)=O)c2)ccc1F. The number of hydrogen-bond donors (Lipinski definition) is 1. The maximum atomic E-state index is 13.2. The van der Waals surface area contributed by atoms with E-state index in [9.17, 15) is 17.6 Å². The molecule has 0 bridgehead atoms. The third-order valence-electron chi connectivity index (χ3n) is 2.94. The quantitative estimate of drug-likeness (QED) is 0.948. The van der Waals surface area contributed by atoms with Crippen molar-refractivity contribution in [2.45, 2.75) is 11.8 Å². The molecular formula is C15H14FNO3S. The summed E-state index contributed by atoms with van der Waals surface area (Å²) in [6.45, 7) is 1.59. The Bertz CT molecular complexity index is 800. The van der Waals surface area contributed by atoms with Crippen LogP contribution in [0.3, 0.4) is 0 Å². The van der Waals surface area contributed by atoms with Gasteiger partial charge in [0.1, 0.15) is 5.82 Å². The minimum Gasteiger partial charge on any atom is -0.322 e. The van der Waals surface area contributed by atoms with E-state index in [2.05, 4.69) is 5.32 Å². The van der Waals surface area contributed by atoms with E-state index >= 15 is 0 Å². The maximum Gasteiger partial charge on any atom is 0.255 e. The minimum absolute atomic E-state index is 0.0745. The van der Waals surface area contributed by atoms with Gasteiger partial charge in [-0.15, -0.1) is 0 Å². The van der Waals surface area contributed by atoms with Crippen LogP contribution in [0.15, 0.2) is 47.4 Å². The molecule has 0 aliphatic rings. The number of carbonyl (C=O) groups excluding carboxylic acids is 1. The fraction of sp³-hybridized carbons (Fsp3) is 0.133. The van der Waals surface area contributed by atoms with Crippen LogP contribution in [0, 0.1) is 12.7 Å². The number of sulfone groups is 1. The third kappa shape index (κ3) is 3.66. The molecule has 0 aliphatic carbocycles. The number of carbonyl (C=O) groups is 1. The van der Waals surface area contributed by atoms with Crippen molar-refractivity contribution in [2.75, 3.05) is 11.6 Å². The first-order chi connectivity index (χ1) is 9.77. The third-order valence-corrected chi connectivity index (χ3v) is 4.05. The molecule has 1 N–H and O–H groups in total. The first kappa shape index (κ1) is 15.2. The molecule has 0 aliphatic heterocycles. The van der Waals surface area contributed by atoms with Crippen molar-refractivity contribution in [3.63, 3.8) is 0 Å². The highest BCUT2D eigenvalue weighted by Gasteiger charge is 2.12. The molecule has 0 unspecified atom stereocenters. The lowest BCUT2D eigenvalue weighted by Gasteiger charge is -2.07. The van der Waals surface area contributed by atoms with Gasteiger partial charge in [0.2, 0.25) is 0 Å². The Balaban J connectivity index is 2.26. The predicted octanol–water partition coefficient (Wildman–Crippen LogP) is 2.79. The lowest BCUT2D eigenvalue weighted by molar-refractivity contribution is 0.102. The number of halogens is 1. The van der Waals surface area contributed by atoms with E-state index in [1.54, 1.807) is 6.92 Å². The molecule has 2 aromatic carbocycles. The summed E-state index contributed by atoms with van der Waals surface area (Å²) in [5.41, 5.74) is 1.08. The van der Waals surface area contributed by atoms with E-state index in [0.717, 1.165) is 6.26 Å². The second-order valence-corrected chi connectivity index (χ2v) is 6.73. The van der Waals surface area contributed by atoms with Crippen LogP contribution in [0.25, 0.3) is 0 Å². The van der Waals surface area contributed by atoms with Gasteiger partial charge >= 0.3 is 0 Å². The molecule has 0 heterocycles. The first-order valence-corrected chi connectivity index (χ1v) is 8.04. The molecule has 0 radical (unpaired) electrons. The fourth-order valence-electron chi connectivity index (χ4n) is 1.79. The second kappa shape index (κ2) is 5.65.